The van der Waals surface area contributed by atoms with Crippen molar-refractivity contribution >= 4 is 17.6 Å². The van der Waals surface area contributed by atoms with E-state index in [1.807, 2.05) is 29.2 Å². The number of hydrogen-bond acceptors (Lipinski definition) is 3. The number of carbonyl (C=O) groups is 2. The minimum atomic E-state index is -0.484. The van der Waals surface area contributed by atoms with Crippen molar-refractivity contribution in [3.8, 4) is 5.75 Å². The van der Waals surface area contributed by atoms with Gasteiger partial charge in [-0.25, -0.2) is 4.79 Å². The number of urea groups is 1. The maximum Gasteiger partial charge on any atom is 0.322 e. The van der Waals surface area contributed by atoms with Gasteiger partial charge in [0.1, 0.15) is 5.75 Å². The van der Waals surface area contributed by atoms with Crippen LogP contribution in [-0.4, -0.2) is 30.6 Å². The van der Waals surface area contributed by atoms with Gasteiger partial charge in [-0.3, -0.25) is 9.69 Å². The number of nitrogens with two attached hydrogens (primary N) is 1. The van der Waals surface area contributed by atoms with Gasteiger partial charge in [-0.1, -0.05) is 30.3 Å². The number of primary amides is 1. The first-order valence-electron chi connectivity index (χ1n) is 9.83. The zero-order valence-electron chi connectivity index (χ0n) is 15.8. The van der Waals surface area contributed by atoms with Crippen LogP contribution >= 0.6 is 0 Å². The van der Waals surface area contributed by atoms with Crippen LogP contribution in [0.1, 0.15) is 41.6 Å². The number of fused-ring (bicyclic) bond motifs is 1. The molecule has 0 saturated heterocycles. The van der Waals surface area contributed by atoms with E-state index in [9.17, 15) is 9.59 Å². The molecule has 0 atom stereocenters. The lowest BCUT2D eigenvalue weighted by Crippen LogP contribution is -2.46. The van der Waals surface area contributed by atoms with Gasteiger partial charge in [-0.05, 0) is 55.9 Å². The van der Waals surface area contributed by atoms with Gasteiger partial charge in [-0.15, -0.1) is 0 Å². The molecule has 2 aromatic rings. The van der Waals surface area contributed by atoms with Crippen molar-refractivity contribution in [2.45, 2.75) is 44.2 Å². The van der Waals surface area contributed by atoms with Crippen LogP contribution in [0.15, 0.2) is 48.5 Å². The van der Waals surface area contributed by atoms with Gasteiger partial charge in [-0.2, -0.15) is 0 Å². The maximum absolute atomic E-state index is 12.7. The number of rotatable bonds is 4. The summed E-state index contributed by atoms with van der Waals surface area (Å²) in [7, 11) is 0. The minimum Gasteiger partial charge on any atom is -0.490 e. The van der Waals surface area contributed by atoms with E-state index in [1.54, 1.807) is 18.2 Å². The Morgan fingerprint density at radius 3 is 2.50 bits per heavy atom. The lowest BCUT2D eigenvalue weighted by molar-refractivity contribution is 0.0985. The first kappa shape index (κ1) is 18.3. The van der Waals surface area contributed by atoms with Crippen LogP contribution in [0.25, 0.3) is 0 Å². The van der Waals surface area contributed by atoms with Gasteiger partial charge < -0.3 is 15.8 Å². The molecule has 6 heteroatoms. The molecular formula is C22H25N3O3. The van der Waals surface area contributed by atoms with E-state index in [0.717, 1.165) is 44.3 Å². The Labute approximate surface area is 164 Å². The molecule has 3 amide bonds. The van der Waals surface area contributed by atoms with E-state index in [-0.39, 0.29) is 18.2 Å². The summed E-state index contributed by atoms with van der Waals surface area (Å²) < 4.78 is 6.02. The molecule has 0 radical (unpaired) electrons. The summed E-state index contributed by atoms with van der Waals surface area (Å²) >= 11 is 0. The van der Waals surface area contributed by atoms with Gasteiger partial charge in [0.2, 0.25) is 0 Å². The average molecular weight is 379 g/mol. The van der Waals surface area contributed by atoms with Crippen LogP contribution in [-0.2, 0) is 6.42 Å². The fourth-order valence-electron chi connectivity index (χ4n) is 4.08. The fraction of sp³-hybridized carbons (Fsp3) is 0.364. The summed E-state index contributed by atoms with van der Waals surface area (Å²) in [6, 6.07) is 15.3. The third-order valence-electron chi connectivity index (χ3n) is 5.58. The van der Waals surface area contributed by atoms with Crippen molar-refractivity contribution in [3.05, 3.63) is 59.7 Å². The van der Waals surface area contributed by atoms with E-state index < -0.39 is 5.91 Å². The molecule has 28 heavy (non-hydrogen) atoms. The summed E-state index contributed by atoms with van der Waals surface area (Å²) in [5.74, 6) is 0.0543. The van der Waals surface area contributed by atoms with E-state index in [1.165, 1.54) is 5.56 Å². The van der Waals surface area contributed by atoms with Crippen molar-refractivity contribution in [2.24, 2.45) is 5.73 Å². The number of nitrogens with zero attached hydrogens (tertiary/aromatic N) is 1. The zero-order chi connectivity index (χ0) is 19.5. The van der Waals surface area contributed by atoms with Crippen LogP contribution < -0.4 is 20.7 Å². The molecule has 4 rings (SSSR count). The molecule has 0 unspecified atom stereocenters. The smallest absolute Gasteiger partial charge is 0.322 e. The summed E-state index contributed by atoms with van der Waals surface area (Å²) in [4.78, 5) is 26.1. The summed E-state index contributed by atoms with van der Waals surface area (Å²) in [6.07, 6.45) is 4.29. The van der Waals surface area contributed by atoms with Crippen molar-refractivity contribution in [1.29, 1.82) is 0 Å². The Balaban J connectivity index is 1.30. The molecule has 1 aliphatic heterocycles. The highest BCUT2D eigenvalue weighted by Crippen LogP contribution is 2.29. The van der Waals surface area contributed by atoms with E-state index in [0.29, 0.717) is 11.3 Å². The van der Waals surface area contributed by atoms with Crippen LogP contribution in [0.5, 0.6) is 5.75 Å². The highest BCUT2D eigenvalue weighted by atomic mass is 16.5. The van der Waals surface area contributed by atoms with E-state index in [2.05, 4.69) is 11.4 Å². The number of carbonyl (C=O) groups excluding carboxylic acids is 2. The van der Waals surface area contributed by atoms with Crippen LogP contribution in [0, 0.1) is 0 Å². The molecule has 2 aliphatic rings. The third-order valence-corrected chi connectivity index (χ3v) is 5.58. The Kier molecular flexibility index (Phi) is 5.19. The lowest BCUT2D eigenvalue weighted by atomic mass is 9.93. The first-order valence-corrected chi connectivity index (χ1v) is 9.83. The van der Waals surface area contributed by atoms with Gasteiger partial charge in [0.25, 0.3) is 5.91 Å². The number of hydrogen-bond donors (Lipinski definition) is 2. The molecule has 2 aromatic carbocycles. The Bertz CT molecular complexity index is 875. The number of anilines is 1. The fourth-order valence-corrected chi connectivity index (χ4v) is 4.08. The Morgan fingerprint density at radius 2 is 1.71 bits per heavy atom. The lowest BCUT2D eigenvalue weighted by Gasteiger charge is -2.31. The van der Waals surface area contributed by atoms with Crippen LogP contribution in [0.2, 0.25) is 0 Å². The second-order valence-electron chi connectivity index (χ2n) is 7.43. The Morgan fingerprint density at radius 1 is 1.00 bits per heavy atom. The molecular weight excluding hydrogens is 354 g/mol. The minimum absolute atomic E-state index is 0.0200. The molecule has 0 aromatic heterocycles. The molecule has 1 saturated carbocycles. The van der Waals surface area contributed by atoms with Gasteiger partial charge in [0, 0.05) is 18.3 Å². The third kappa shape index (κ3) is 3.81. The predicted octanol–water partition coefficient (Wildman–Crippen LogP) is 3.25. The predicted molar refractivity (Wildman–Crippen MR) is 108 cm³/mol. The highest BCUT2D eigenvalue weighted by molar-refractivity contribution is 5.95. The summed E-state index contributed by atoms with van der Waals surface area (Å²) in [5.41, 5.74) is 8.07. The molecule has 0 spiro atoms. The van der Waals surface area contributed by atoms with Crippen molar-refractivity contribution in [1.82, 2.24) is 5.32 Å². The number of benzene rings is 2. The SMILES string of the molecule is NC(=O)c1ccccc1OC1CCC(NC(=O)N2CCc3ccccc32)CC1. The largest absolute Gasteiger partial charge is 0.490 e. The second-order valence-corrected chi connectivity index (χ2v) is 7.43. The molecule has 146 valence electrons. The summed E-state index contributed by atoms with van der Waals surface area (Å²) in [5, 5.41) is 3.17. The maximum atomic E-state index is 12.7. The molecule has 3 N–H and O–H groups in total. The van der Waals surface area contributed by atoms with Crippen LogP contribution in [0.4, 0.5) is 10.5 Å². The normalized spacial score (nSPS) is 21.1. The zero-order valence-corrected chi connectivity index (χ0v) is 15.8. The van der Waals surface area contributed by atoms with Crippen molar-refractivity contribution in [3.63, 3.8) is 0 Å². The topological polar surface area (TPSA) is 84.7 Å². The molecule has 1 heterocycles. The van der Waals surface area contributed by atoms with Gasteiger partial charge in [0.15, 0.2) is 0 Å². The Hall–Kier alpha value is -3.02. The van der Waals surface area contributed by atoms with Crippen molar-refractivity contribution in [2.75, 3.05) is 11.4 Å². The van der Waals surface area contributed by atoms with Gasteiger partial charge >= 0.3 is 6.03 Å². The quantitative estimate of drug-likeness (QED) is 0.855. The second kappa shape index (κ2) is 7.92. The molecule has 1 fully saturated rings. The summed E-state index contributed by atoms with van der Waals surface area (Å²) in [6.45, 7) is 0.730. The molecule has 1 aliphatic carbocycles. The van der Waals surface area contributed by atoms with Crippen molar-refractivity contribution < 1.29 is 14.3 Å². The number of ether oxygens (including phenoxy) is 1. The van der Waals surface area contributed by atoms with Gasteiger partial charge in [0.05, 0.1) is 11.7 Å². The molecule has 6 nitrogen and oxygen atoms in total. The highest BCUT2D eigenvalue weighted by Gasteiger charge is 2.29. The first-order chi connectivity index (χ1) is 13.6. The molecule has 0 bridgehead atoms. The average Bonchev–Trinajstić information content (AvgIpc) is 3.14. The number of nitrogens with one attached hydrogen (secondary N) is 1. The van der Waals surface area contributed by atoms with E-state index in [4.69, 9.17) is 10.5 Å². The van der Waals surface area contributed by atoms with Crippen LogP contribution in [0.3, 0.4) is 0 Å². The monoisotopic (exact) mass is 379 g/mol. The number of amides is 3. The number of para-hydroxylation sites is 2. The van der Waals surface area contributed by atoms with E-state index >= 15 is 0 Å². The standard InChI is InChI=1S/C22H25N3O3/c23-21(26)18-6-2-4-8-20(18)28-17-11-9-16(10-12-17)24-22(27)25-14-13-15-5-1-3-7-19(15)25/h1-8,16-17H,9-14H2,(H2,23,26)(H,24,27).